The first kappa shape index (κ1) is 17.3. The molecule has 0 aromatic heterocycles. The number of alkyl halides is 6. The largest absolute Gasteiger partial charge is 0.339 e. The summed E-state index contributed by atoms with van der Waals surface area (Å²) < 4.78 is 76.3. The second kappa shape index (κ2) is 6.23. The summed E-state index contributed by atoms with van der Waals surface area (Å²) in [4.78, 5) is 14.5. The van der Waals surface area contributed by atoms with Gasteiger partial charge in [-0.2, -0.15) is 8.78 Å². The lowest BCUT2D eigenvalue weighted by Gasteiger charge is -2.37. The van der Waals surface area contributed by atoms with Crippen LogP contribution in [0.5, 0.6) is 0 Å². The lowest BCUT2D eigenvalue weighted by atomic mass is 10.1. The minimum atomic E-state index is -4.10. The van der Waals surface area contributed by atoms with Crippen LogP contribution in [0.2, 0.25) is 0 Å². The molecule has 0 aromatic carbocycles. The van der Waals surface area contributed by atoms with E-state index in [1.54, 1.807) is 0 Å². The molecule has 2 saturated heterocycles. The number of hydrogen-bond donors (Lipinski definition) is 1. The van der Waals surface area contributed by atoms with Crippen molar-refractivity contribution in [1.82, 2.24) is 15.1 Å². The molecule has 1 unspecified atom stereocenters. The monoisotopic (exact) mass is 333 g/mol. The number of rotatable bonds is 4. The zero-order valence-corrected chi connectivity index (χ0v) is 11.7. The summed E-state index contributed by atoms with van der Waals surface area (Å²) in [6.07, 6.45) is -4.33. The Morgan fingerprint density at radius 1 is 1.23 bits per heavy atom. The van der Waals surface area contributed by atoms with Gasteiger partial charge in [0.1, 0.15) is 0 Å². The average Bonchev–Trinajstić information content (AvgIpc) is 2.78. The van der Waals surface area contributed by atoms with Crippen LogP contribution < -0.4 is 5.32 Å². The van der Waals surface area contributed by atoms with Gasteiger partial charge in [-0.15, -0.1) is 0 Å². The molecule has 0 saturated carbocycles. The maximum absolute atomic E-state index is 13.0. The first-order valence-electron chi connectivity index (χ1n) is 6.89. The van der Waals surface area contributed by atoms with E-state index >= 15 is 0 Å². The van der Waals surface area contributed by atoms with Crippen molar-refractivity contribution in [2.75, 3.05) is 39.3 Å². The van der Waals surface area contributed by atoms with Gasteiger partial charge < -0.3 is 4.90 Å². The number of nitrogens with zero attached hydrogens (tertiary/aromatic N) is 2. The molecular weight excluding hydrogens is 316 g/mol. The highest BCUT2D eigenvalue weighted by molar-refractivity contribution is 5.82. The van der Waals surface area contributed by atoms with Crippen LogP contribution in [0.4, 0.5) is 26.3 Å². The molecule has 128 valence electrons. The van der Waals surface area contributed by atoms with Gasteiger partial charge in [0.2, 0.25) is 5.91 Å². The smallest absolute Gasteiger partial charge is 0.319 e. The summed E-state index contributed by atoms with van der Waals surface area (Å²) in [5.41, 5.74) is 0. The molecule has 0 spiro atoms. The van der Waals surface area contributed by atoms with Gasteiger partial charge in [-0.05, 0) is 0 Å². The van der Waals surface area contributed by atoms with Crippen LogP contribution in [0.1, 0.15) is 6.42 Å². The standard InChI is InChI=1S/C12H17F6N3O/c13-10(14)12(17,18)7-20-1-3-21(4-2-20)9(22)8-5-11(15,16)6-19-8/h8,10,19H,1-7H2. The normalized spacial score (nSPS) is 26.7. The molecule has 0 bridgehead atoms. The topological polar surface area (TPSA) is 35.6 Å². The Balaban J connectivity index is 1.81. The van der Waals surface area contributed by atoms with Crippen LogP contribution in [0, 0.1) is 0 Å². The molecule has 2 aliphatic rings. The molecule has 4 nitrogen and oxygen atoms in total. The predicted octanol–water partition coefficient (Wildman–Crippen LogP) is 1.03. The van der Waals surface area contributed by atoms with E-state index in [-0.39, 0.29) is 26.2 Å². The highest BCUT2D eigenvalue weighted by Gasteiger charge is 2.45. The molecule has 1 atom stereocenters. The van der Waals surface area contributed by atoms with Crippen molar-refractivity contribution < 1.29 is 31.1 Å². The van der Waals surface area contributed by atoms with Crippen LogP contribution >= 0.6 is 0 Å². The molecule has 1 N–H and O–H groups in total. The quantitative estimate of drug-likeness (QED) is 0.781. The number of carbonyl (C=O) groups excluding carboxylic acids is 1. The summed E-state index contributed by atoms with van der Waals surface area (Å²) in [5.74, 6) is -7.53. The summed E-state index contributed by atoms with van der Waals surface area (Å²) in [7, 11) is 0. The molecule has 0 aromatic rings. The van der Waals surface area contributed by atoms with Gasteiger partial charge >= 0.3 is 12.3 Å². The molecule has 2 aliphatic heterocycles. The SMILES string of the molecule is O=C(C1CC(F)(F)CN1)N1CCN(CC(F)(F)C(F)F)CC1. The van der Waals surface area contributed by atoms with Gasteiger partial charge in [-0.1, -0.05) is 0 Å². The zero-order chi connectivity index (χ0) is 16.5. The lowest BCUT2D eigenvalue weighted by Crippen LogP contribution is -2.55. The fourth-order valence-corrected chi connectivity index (χ4v) is 2.60. The van der Waals surface area contributed by atoms with Crippen molar-refractivity contribution in [1.29, 1.82) is 0 Å². The Bertz CT molecular complexity index is 412. The number of carbonyl (C=O) groups is 1. The second-order valence-corrected chi connectivity index (χ2v) is 5.66. The van der Waals surface area contributed by atoms with Gasteiger partial charge in [0.05, 0.1) is 19.1 Å². The van der Waals surface area contributed by atoms with Crippen LogP contribution in [0.25, 0.3) is 0 Å². The molecule has 22 heavy (non-hydrogen) atoms. The van der Waals surface area contributed by atoms with Gasteiger partial charge in [0.15, 0.2) is 0 Å². The fourth-order valence-electron chi connectivity index (χ4n) is 2.60. The third-order valence-corrected chi connectivity index (χ3v) is 3.85. The van der Waals surface area contributed by atoms with Crippen molar-refractivity contribution in [2.45, 2.75) is 30.7 Å². The fraction of sp³-hybridized carbons (Fsp3) is 0.917. The van der Waals surface area contributed by atoms with Crippen molar-refractivity contribution in [3.63, 3.8) is 0 Å². The Labute approximate surface area is 123 Å². The van der Waals surface area contributed by atoms with Gasteiger partial charge in [0, 0.05) is 32.6 Å². The van der Waals surface area contributed by atoms with Gasteiger partial charge in [-0.3, -0.25) is 15.0 Å². The molecule has 2 rings (SSSR count). The average molecular weight is 333 g/mol. The molecule has 2 heterocycles. The zero-order valence-electron chi connectivity index (χ0n) is 11.7. The number of piperazine rings is 1. The van der Waals surface area contributed by atoms with E-state index < -0.39 is 49.7 Å². The maximum atomic E-state index is 13.0. The van der Waals surface area contributed by atoms with E-state index in [0.717, 1.165) is 4.90 Å². The lowest BCUT2D eigenvalue weighted by molar-refractivity contribution is -0.149. The molecule has 2 fully saturated rings. The van der Waals surface area contributed by atoms with E-state index in [4.69, 9.17) is 0 Å². The van der Waals surface area contributed by atoms with E-state index in [1.807, 2.05) is 0 Å². The molecule has 0 aliphatic carbocycles. The highest BCUT2D eigenvalue weighted by Crippen LogP contribution is 2.27. The van der Waals surface area contributed by atoms with Gasteiger partial charge in [-0.25, -0.2) is 17.6 Å². The van der Waals surface area contributed by atoms with Crippen LogP contribution in [-0.2, 0) is 4.79 Å². The summed E-state index contributed by atoms with van der Waals surface area (Å²) in [5, 5.41) is 2.43. The van der Waals surface area contributed by atoms with Gasteiger partial charge in [0.25, 0.3) is 5.92 Å². The number of nitrogens with one attached hydrogen (secondary N) is 1. The Hall–Kier alpha value is -1.03. The van der Waals surface area contributed by atoms with Crippen molar-refractivity contribution in [2.24, 2.45) is 0 Å². The minimum Gasteiger partial charge on any atom is -0.339 e. The third-order valence-electron chi connectivity index (χ3n) is 3.85. The van der Waals surface area contributed by atoms with Crippen LogP contribution in [0.3, 0.4) is 0 Å². The molecule has 1 amide bonds. The number of halogens is 6. The molecule has 0 radical (unpaired) electrons. The van der Waals surface area contributed by atoms with Crippen LogP contribution in [-0.4, -0.2) is 79.3 Å². The minimum absolute atomic E-state index is 0.0111. The Kier molecular flexibility index (Phi) is 4.90. The second-order valence-electron chi connectivity index (χ2n) is 5.66. The first-order valence-corrected chi connectivity index (χ1v) is 6.89. The highest BCUT2D eigenvalue weighted by atomic mass is 19.3. The summed E-state index contributed by atoms with van der Waals surface area (Å²) in [6, 6.07) is -0.982. The first-order chi connectivity index (χ1) is 10.1. The maximum Gasteiger partial charge on any atom is 0.319 e. The number of hydrogen-bond acceptors (Lipinski definition) is 3. The van der Waals surface area contributed by atoms with Crippen molar-refractivity contribution >= 4 is 5.91 Å². The van der Waals surface area contributed by atoms with E-state index in [1.165, 1.54) is 4.90 Å². The summed E-state index contributed by atoms with van der Waals surface area (Å²) in [6.45, 7) is -1.51. The third kappa shape index (κ3) is 4.03. The van der Waals surface area contributed by atoms with Crippen molar-refractivity contribution in [3.8, 4) is 0 Å². The van der Waals surface area contributed by atoms with Crippen LogP contribution in [0.15, 0.2) is 0 Å². The Morgan fingerprint density at radius 3 is 2.27 bits per heavy atom. The predicted molar refractivity (Wildman–Crippen MR) is 65.3 cm³/mol. The van der Waals surface area contributed by atoms with E-state index in [0.29, 0.717) is 0 Å². The number of amides is 1. The molecular formula is C12H17F6N3O. The van der Waals surface area contributed by atoms with Crippen molar-refractivity contribution in [3.05, 3.63) is 0 Å². The summed E-state index contributed by atoms with van der Waals surface area (Å²) >= 11 is 0. The van der Waals surface area contributed by atoms with E-state index in [2.05, 4.69) is 5.32 Å². The van der Waals surface area contributed by atoms with E-state index in [9.17, 15) is 31.1 Å². The molecule has 10 heteroatoms. The Morgan fingerprint density at radius 2 is 1.82 bits per heavy atom.